The zero-order valence-electron chi connectivity index (χ0n) is 23.7. The molecule has 1 aliphatic heterocycles. The third-order valence-electron chi connectivity index (χ3n) is 7.84. The fraction of sp³-hybridized carbons (Fsp3) is 0.429. The van der Waals surface area contributed by atoms with Crippen LogP contribution in [0.3, 0.4) is 0 Å². The first-order chi connectivity index (χ1) is 19.5. The van der Waals surface area contributed by atoms with Gasteiger partial charge in [-0.05, 0) is 54.5 Å². The average molecular weight is 551 g/mol. The molecule has 3 aromatic carbocycles. The van der Waals surface area contributed by atoms with Crippen molar-refractivity contribution in [3.63, 3.8) is 0 Å². The molecule has 2 unspecified atom stereocenters. The zero-order valence-corrected chi connectivity index (χ0v) is 23.7. The Labute approximate surface area is 237 Å². The van der Waals surface area contributed by atoms with Gasteiger partial charge in [0.05, 0.1) is 25.9 Å². The summed E-state index contributed by atoms with van der Waals surface area (Å²) in [5.74, 6) is -1.95. The van der Waals surface area contributed by atoms with Gasteiger partial charge in [0.25, 0.3) is 0 Å². The molecule has 0 spiro atoms. The first-order valence-corrected chi connectivity index (χ1v) is 14.7. The van der Waals surface area contributed by atoms with Crippen LogP contribution in [0.2, 0.25) is 0 Å². The topological polar surface area (TPSA) is 18.5 Å². The Hall–Kier alpha value is -2.89. The van der Waals surface area contributed by atoms with Gasteiger partial charge in [-0.1, -0.05) is 99.7 Å². The molecule has 3 aromatic rings. The number of hydrogen-bond acceptors (Lipinski definition) is 2. The Morgan fingerprint density at radius 2 is 1.60 bits per heavy atom. The number of benzene rings is 3. The van der Waals surface area contributed by atoms with Gasteiger partial charge in [0.1, 0.15) is 5.82 Å². The van der Waals surface area contributed by atoms with Crippen LogP contribution in [0, 0.1) is 17.5 Å². The summed E-state index contributed by atoms with van der Waals surface area (Å²) in [7, 11) is 0. The van der Waals surface area contributed by atoms with Crippen molar-refractivity contribution in [1.29, 1.82) is 0 Å². The zero-order chi connectivity index (χ0) is 28.3. The third kappa shape index (κ3) is 7.86. The van der Waals surface area contributed by atoms with Crippen molar-refractivity contribution in [2.75, 3.05) is 13.2 Å². The lowest BCUT2D eigenvalue weighted by Gasteiger charge is -2.29. The molecule has 2 atom stereocenters. The second-order valence-corrected chi connectivity index (χ2v) is 10.7. The molecule has 1 aliphatic rings. The number of allylic oxidation sites excluding steroid dienone is 1. The monoisotopic (exact) mass is 550 g/mol. The molecule has 0 N–H and O–H groups in total. The van der Waals surface area contributed by atoms with Gasteiger partial charge in [-0.3, -0.25) is 0 Å². The SMILES string of the molecule is CC=CCOCc1ccc(-c2ccc(-c3ccc(C4CCC(CCCCCCC)OC4)c(F)c3)cc2)c(F)c1F. The van der Waals surface area contributed by atoms with Crippen molar-refractivity contribution in [3.8, 4) is 22.3 Å². The van der Waals surface area contributed by atoms with E-state index >= 15 is 4.39 Å². The fourth-order valence-electron chi connectivity index (χ4n) is 5.39. The van der Waals surface area contributed by atoms with Crippen molar-refractivity contribution in [1.82, 2.24) is 0 Å². The Bertz CT molecular complexity index is 1240. The molecule has 0 amide bonds. The molecule has 1 saturated heterocycles. The maximum atomic E-state index is 15.2. The second kappa shape index (κ2) is 15.2. The molecule has 0 aromatic heterocycles. The molecule has 0 bridgehead atoms. The highest BCUT2D eigenvalue weighted by Gasteiger charge is 2.25. The van der Waals surface area contributed by atoms with Crippen LogP contribution in [0.5, 0.6) is 0 Å². The van der Waals surface area contributed by atoms with Crippen molar-refractivity contribution < 1.29 is 22.6 Å². The highest BCUT2D eigenvalue weighted by Crippen LogP contribution is 2.34. The third-order valence-corrected chi connectivity index (χ3v) is 7.84. The predicted molar refractivity (Wildman–Crippen MR) is 157 cm³/mol. The van der Waals surface area contributed by atoms with E-state index in [1.165, 1.54) is 32.1 Å². The van der Waals surface area contributed by atoms with Gasteiger partial charge in [-0.25, -0.2) is 13.2 Å². The molecule has 2 nitrogen and oxygen atoms in total. The van der Waals surface area contributed by atoms with E-state index in [2.05, 4.69) is 6.92 Å². The molecule has 0 aliphatic carbocycles. The van der Waals surface area contributed by atoms with Crippen LogP contribution in [-0.2, 0) is 16.1 Å². The highest BCUT2D eigenvalue weighted by molar-refractivity contribution is 5.71. The van der Waals surface area contributed by atoms with E-state index in [1.807, 2.05) is 37.3 Å². The van der Waals surface area contributed by atoms with Gasteiger partial charge in [0.15, 0.2) is 11.6 Å². The van der Waals surface area contributed by atoms with Crippen LogP contribution in [-0.4, -0.2) is 19.3 Å². The first-order valence-electron chi connectivity index (χ1n) is 14.7. The van der Waals surface area contributed by atoms with Gasteiger partial charge in [0, 0.05) is 17.0 Å². The highest BCUT2D eigenvalue weighted by atomic mass is 19.2. The lowest BCUT2D eigenvalue weighted by Crippen LogP contribution is -2.25. The quantitative estimate of drug-likeness (QED) is 0.156. The van der Waals surface area contributed by atoms with Gasteiger partial charge in [-0.15, -0.1) is 0 Å². The van der Waals surface area contributed by atoms with E-state index in [9.17, 15) is 8.78 Å². The van der Waals surface area contributed by atoms with E-state index < -0.39 is 11.6 Å². The lowest BCUT2D eigenvalue weighted by atomic mass is 9.88. The Morgan fingerprint density at radius 3 is 2.30 bits per heavy atom. The van der Waals surface area contributed by atoms with Gasteiger partial charge in [0.2, 0.25) is 0 Å². The predicted octanol–water partition coefficient (Wildman–Crippen LogP) is 10.2. The minimum Gasteiger partial charge on any atom is -0.378 e. The number of hydrogen-bond donors (Lipinski definition) is 0. The van der Waals surface area contributed by atoms with Gasteiger partial charge >= 0.3 is 0 Å². The maximum Gasteiger partial charge on any atom is 0.167 e. The molecule has 5 heteroatoms. The van der Waals surface area contributed by atoms with E-state index in [0.29, 0.717) is 30.4 Å². The number of unbranched alkanes of at least 4 members (excludes halogenated alkanes) is 4. The Balaban J connectivity index is 1.36. The number of rotatable bonds is 13. The number of halogens is 3. The molecule has 4 rings (SSSR count). The Kier molecular flexibility index (Phi) is 11.4. The van der Waals surface area contributed by atoms with E-state index in [0.717, 1.165) is 30.4 Å². The maximum absolute atomic E-state index is 15.2. The minimum absolute atomic E-state index is 0.000555. The van der Waals surface area contributed by atoms with Crippen molar-refractivity contribution in [3.05, 3.63) is 95.3 Å². The van der Waals surface area contributed by atoms with Crippen LogP contribution in [0.1, 0.15) is 82.3 Å². The first kappa shape index (κ1) is 30.1. The summed E-state index contributed by atoms with van der Waals surface area (Å²) in [6.45, 7) is 5.00. The number of ether oxygens (including phenoxy) is 2. The molecule has 40 heavy (non-hydrogen) atoms. The van der Waals surface area contributed by atoms with Crippen molar-refractivity contribution in [2.45, 2.75) is 83.8 Å². The van der Waals surface area contributed by atoms with Crippen LogP contribution in [0.25, 0.3) is 22.3 Å². The molecule has 1 heterocycles. The summed E-state index contributed by atoms with van der Waals surface area (Å²) in [6.07, 6.45) is 13.3. The van der Waals surface area contributed by atoms with Crippen molar-refractivity contribution in [2.24, 2.45) is 0 Å². The molecule has 214 valence electrons. The molecule has 1 fully saturated rings. The van der Waals surface area contributed by atoms with E-state index in [1.54, 1.807) is 36.4 Å². The van der Waals surface area contributed by atoms with Crippen LogP contribution in [0.4, 0.5) is 13.2 Å². The summed E-state index contributed by atoms with van der Waals surface area (Å²) in [4.78, 5) is 0. The average Bonchev–Trinajstić information content (AvgIpc) is 2.98. The summed E-state index contributed by atoms with van der Waals surface area (Å²) in [5, 5.41) is 0. The van der Waals surface area contributed by atoms with E-state index in [4.69, 9.17) is 9.47 Å². The summed E-state index contributed by atoms with van der Waals surface area (Å²) in [5.41, 5.74) is 3.17. The minimum atomic E-state index is -0.899. The smallest absolute Gasteiger partial charge is 0.167 e. The molecular weight excluding hydrogens is 509 g/mol. The summed E-state index contributed by atoms with van der Waals surface area (Å²) < 4.78 is 56.1. The van der Waals surface area contributed by atoms with Gasteiger partial charge in [-0.2, -0.15) is 0 Å². The van der Waals surface area contributed by atoms with Crippen LogP contribution < -0.4 is 0 Å². The molecule has 0 saturated carbocycles. The molecular formula is C35H41F3O2. The van der Waals surface area contributed by atoms with Crippen LogP contribution >= 0.6 is 0 Å². The largest absolute Gasteiger partial charge is 0.378 e. The lowest BCUT2D eigenvalue weighted by molar-refractivity contribution is -0.00273. The summed E-state index contributed by atoms with van der Waals surface area (Å²) >= 11 is 0. The fourth-order valence-corrected chi connectivity index (χ4v) is 5.39. The van der Waals surface area contributed by atoms with E-state index in [-0.39, 0.29) is 29.5 Å². The standard InChI is InChI=1S/C35H41F3O2/c1-3-5-7-8-9-10-30-18-15-28(24-40-30)31-19-16-27(22-33(31)36)25-11-13-26(14-12-25)32-20-17-29(34(37)35(32)38)23-39-21-6-4-2/h4,6,11-14,16-17,19-20,22,28,30H,3,5,7-10,15,18,21,23-24H2,1-2H3. The normalized spacial score (nSPS) is 17.5. The van der Waals surface area contributed by atoms with Gasteiger partial charge < -0.3 is 9.47 Å². The summed E-state index contributed by atoms with van der Waals surface area (Å²) in [6, 6.07) is 15.6. The Morgan fingerprint density at radius 1 is 0.850 bits per heavy atom. The van der Waals surface area contributed by atoms with Crippen molar-refractivity contribution >= 4 is 0 Å². The van der Waals surface area contributed by atoms with Crippen LogP contribution in [0.15, 0.2) is 66.7 Å². The molecule has 0 radical (unpaired) electrons. The second-order valence-electron chi connectivity index (χ2n) is 10.7.